The highest BCUT2D eigenvalue weighted by Crippen LogP contribution is 1.95. The minimum Gasteiger partial charge on any atom is -0.393 e. The first-order valence-corrected chi connectivity index (χ1v) is 2.87. The molecule has 0 unspecified atom stereocenters. The van der Waals surface area contributed by atoms with Crippen molar-refractivity contribution in [2.45, 2.75) is 19.4 Å². The zero-order valence-corrected chi connectivity index (χ0v) is 5.26. The normalized spacial score (nSPS) is 13.6. The molecule has 1 atom stereocenters. The van der Waals surface area contributed by atoms with E-state index in [2.05, 4.69) is 16.3 Å². The molecule has 1 radical (unpaired) electrons. The van der Waals surface area contributed by atoms with Crippen molar-refractivity contribution in [1.29, 1.82) is 0 Å². The summed E-state index contributed by atoms with van der Waals surface area (Å²) >= 11 is 0. The van der Waals surface area contributed by atoms with Gasteiger partial charge in [0.2, 0.25) is 0 Å². The third-order valence-electron chi connectivity index (χ3n) is 0.992. The number of nitrogens with one attached hydrogen (secondary N) is 1. The maximum absolute atomic E-state index is 8.85. The number of aliphatic hydroxyl groups excluding tert-OH is 1. The van der Waals surface area contributed by atoms with Crippen molar-refractivity contribution >= 4 is 0 Å². The van der Waals surface area contributed by atoms with Gasteiger partial charge in [-0.05, 0) is 6.92 Å². The van der Waals surface area contributed by atoms with E-state index in [9.17, 15) is 0 Å². The van der Waals surface area contributed by atoms with Gasteiger partial charge in [-0.1, -0.05) is 0 Å². The molecule has 3 nitrogen and oxygen atoms in total. The second-order valence-electron chi connectivity index (χ2n) is 2.03. The third kappa shape index (κ3) is 1.85. The van der Waals surface area contributed by atoms with Crippen molar-refractivity contribution in [2.24, 2.45) is 0 Å². The van der Waals surface area contributed by atoms with Crippen LogP contribution in [0, 0.1) is 6.07 Å². The second kappa shape index (κ2) is 2.64. The average Bonchev–Trinajstić information content (AvgIpc) is 2.15. The first kappa shape index (κ1) is 6.29. The predicted octanol–water partition coefficient (Wildman–Crippen LogP) is 0.133. The van der Waals surface area contributed by atoms with Gasteiger partial charge in [-0.25, -0.2) is 0 Å². The third-order valence-corrected chi connectivity index (χ3v) is 0.992. The number of aromatic nitrogens is 2. The van der Waals surface area contributed by atoms with E-state index in [1.165, 1.54) is 0 Å². The van der Waals surface area contributed by atoms with Crippen molar-refractivity contribution in [3.8, 4) is 0 Å². The first-order chi connectivity index (χ1) is 4.29. The molecule has 0 saturated carbocycles. The van der Waals surface area contributed by atoms with Crippen LogP contribution >= 0.6 is 0 Å². The lowest BCUT2D eigenvalue weighted by Gasteiger charge is -1.96. The van der Waals surface area contributed by atoms with Crippen LogP contribution in [0.15, 0.2) is 6.20 Å². The highest BCUT2D eigenvalue weighted by atomic mass is 16.3. The van der Waals surface area contributed by atoms with E-state index in [1.54, 1.807) is 13.1 Å². The number of aromatic amines is 1. The Hall–Kier alpha value is -0.830. The van der Waals surface area contributed by atoms with Crippen LogP contribution in [0.3, 0.4) is 0 Å². The summed E-state index contributed by atoms with van der Waals surface area (Å²) in [5.41, 5.74) is 0.782. The van der Waals surface area contributed by atoms with Crippen molar-refractivity contribution in [3.63, 3.8) is 0 Å². The van der Waals surface area contributed by atoms with E-state index >= 15 is 0 Å². The zero-order chi connectivity index (χ0) is 6.69. The van der Waals surface area contributed by atoms with Gasteiger partial charge >= 0.3 is 0 Å². The van der Waals surface area contributed by atoms with Gasteiger partial charge in [0.05, 0.1) is 11.8 Å². The summed E-state index contributed by atoms with van der Waals surface area (Å²) in [7, 11) is 0. The smallest absolute Gasteiger partial charge is 0.0727 e. The number of nitrogens with zero attached hydrogens (tertiary/aromatic N) is 1. The maximum atomic E-state index is 8.85. The van der Waals surface area contributed by atoms with Crippen LogP contribution in [0.25, 0.3) is 0 Å². The molecule has 0 amide bonds. The molecule has 2 N–H and O–H groups in total. The molecule has 0 fully saturated rings. The van der Waals surface area contributed by atoms with Gasteiger partial charge in [0.1, 0.15) is 0 Å². The molecule has 1 aromatic rings. The minimum atomic E-state index is -0.329. The fourth-order valence-electron chi connectivity index (χ4n) is 0.642. The van der Waals surface area contributed by atoms with Crippen LogP contribution in [-0.4, -0.2) is 21.4 Å². The fraction of sp³-hybridized carbons (Fsp3) is 0.500. The fourth-order valence-corrected chi connectivity index (χ4v) is 0.642. The summed E-state index contributed by atoms with van der Waals surface area (Å²) in [6, 6.07) is 2.84. The number of aliphatic hydroxyl groups is 1. The highest BCUT2D eigenvalue weighted by Gasteiger charge is 1.98. The van der Waals surface area contributed by atoms with E-state index in [-0.39, 0.29) is 6.10 Å². The van der Waals surface area contributed by atoms with Crippen LogP contribution in [0.5, 0.6) is 0 Å². The summed E-state index contributed by atoms with van der Waals surface area (Å²) in [5, 5.41) is 15.3. The number of H-pyrrole nitrogens is 1. The Bertz CT molecular complexity index is 158. The van der Waals surface area contributed by atoms with Crippen molar-refractivity contribution in [3.05, 3.63) is 18.0 Å². The Morgan fingerprint density at radius 2 is 2.78 bits per heavy atom. The number of hydrogen-bond acceptors (Lipinski definition) is 2. The lowest BCUT2D eigenvalue weighted by molar-refractivity contribution is 0.194. The van der Waals surface area contributed by atoms with E-state index in [1.807, 2.05) is 0 Å². The Kier molecular flexibility index (Phi) is 1.85. The molecular formula is C6H9N2O. The van der Waals surface area contributed by atoms with E-state index in [4.69, 9.17) is 5.11 Å². The lowest BCUT2D eigenvalue weighted by atomic mass is 10.2. The quantitative estimate of drug-likeness (QED) is 0.590. The van der Waals surface area contributed by atoms with Gasteiger partial charge in [0, 0.05) is 18.7 Å². The molecule has 0 aliphatic rings. The molecule has 1 heterocycles. The summed E-state index contributed by atoms with van der Waals surface area (Å²) in [5.74, 6) is 0. The van der Waals surface area contributed by atoms with Crippen molar-refractivity contribution in [2.75, 3.05) is 0 Å². The van der Waals surface area contributed by atoms with E-state index in [0.29, 0.717) is 6.42 Å². The zero-order valence-electron chi connectivity index (χ0n) is 5.26. The molecule has 0 bridgehead atoms. The maximum Gasteiger partial charge on any atom is 0.0727 e. The average molecular weight is 125 g/mol. The Morgan fingerprint density at radius 1 is 2.00 bits per heavy atom. The molecule has 49 valence electrons. The Balaban J connectivity index is 2.48. The van der Waals surface area contributed by atoms with Gasteiger partial charge in [-0.3, -0.25) is 5.10 Å². The molecule has 0 spiro atoms. The lowest BCUT2D eigenvalue weighted by Crippen LogP contribution is -2.04. The number of hydrogen-bond donors (Lipinski definition) is 2. The van der Waals surface area contributed by atoms with Crippen LogP contribution < -0.4 is 0 Å². The molecule has 0 saturated heterocycles. The summed E-state index contributed by atoms with van der Waals surface area (Å²) < 4.78 is 0. The molecule has 3 heteroatoms. The van der Waals surface area contributed by atoms with Crippen molar-refractivity contribution in [1.82, 2.24) is 10.2 Å². The molecule has 9 heavy (non-hydrogen) atoms. The standard InChI is InChI=1S/C6H9N2O/c1-5(9)4-6-2-3-7-8-6/h3,5,9H,4H2,1H3,(H,7,8)/t5-/m1/s1. The molecule has 0 aliphatic carbocycles. The van der Waals surface area contributed by atoms with Gasteiger partial charge in [-0.2, -0.15) is 5.10 Å². The largest absolute Gasteiger partial charge is 0.393 e. The Morgan fingerprint density at radius 3 is 3.22 bits per heavy atom. The monoisotopic (exact) mass is 125 g/mol. The second-order valence-corrected chi connectivity index (χ2v) is 2.03. The topological polar surface area (TPSA) is 48.9 Å². The first-order valence-electron chi connectivity index (χ1n) is 2.87. The van der Waals surface area contributed by atoms with Gasteiger partial charge < -0.3 is 5.11 Å². The summed E-state index contributed by atoms with van der Waals surface area (Å²) in [4.78, 5) is 0. The summed E-state index contributed by atoms with van der Waals surface area (Å²) in [6.07, 6.45) is 1.87. The highest BCUT2D eigenvalue weighted by molar-refractivity contribution is 4.95. The molecule has 1 aromatic heterocycles. The SMILES string of the molecule is C[C@@H](O)Cc1[c]c[nH]n1. The summed E-state index contributed by atoms with van der Waals surface area (Å²) in [6.45, 7) is 1.72. The van der Waals surface area contributed by atoms with E-state index < -0.39 is 0 Å². The van der Waals surface area contributed by atoms with Gasteiger partial charge in [-0.15, -0.1) is 0 Å². The number of rotatable bonds is 2. The molecule has 0 aliphatic heterocycles. The van der Waals surface area contributed by atoms with Gasteiger partial charge in [0.15, 0.2) is 0 Å². The molecule has 1 rings (SSSR count). The van der Waals surface area contributed by atoms with E-state index in [0.717, 1.165) is 5.69 Å². The van der Waals surface area contributed by atoms with Crippen molar-refractivity contribution < 1.29 is 5.11 Å². The van der Waals surface area contributed by atoms with Crippen LogP contribution in [0.2, 0.25) is 0 Å². The van der Waals surface area contributed by atoms with Crippen LogP contribution in [0.1, 0.15) is 12.6 Å². The van der Waals surface area contributed by atoms with Crippen LogP contribution in [0.4, 0.5) is 0 Å². The minimum absolute atomic E-state index is 0.329. The van der Waals surface area contributed by atoms with Gasteiger partial charge in [0.25, 0.3) is 0 Å². The predicted molar refractivity (Wildman–Crippen MR) is 32.8 cm³/mol. The Labute approximate surface area is 53.7 Å². The molecule has 0 aromatic carbocycles. The molecular weight excluding hydrogens is 116 g/mol. The van der Waals surface area contributed by atoms with Crippen LogP contribution in [-0.2, 0) is 6.42 Å².